The quantitative estimate of drug-likeness (QED) is 0.219. The number of fused-ring (bicyclic) bond motifs is 2. The van der Waals surface area contributed by atoms with Crippen molar-refractivity contribution in [2.45, 2.75) is 13.8 Å². The van der Waals surface area contributed by atoms with E-state index in [1.807, 2.05) is 70.6 Å². The van der Waals surface area contributed by atoms with Gasteiger partial charge in [0.25, 0.3) is 0 Å². The Balaban J connectivity index is 1.38. The fraction of sp³-hybridized carbons (Fsp3) is 0.375. The third kappa shape index (κ3) is 7.41. The number of hydrogen-bond acceptors (Lipinski definition) is 10. The van der Waals surface area contributed by atoms with Crippen LogP contribution >= 0.6 is 70.6 Å². The van der Waals surface area contributed by atoms with Gasteiger partial charge < -0.3 is 18.9 Å². The molecular formula is C32H34O4S6. The summed E-state index contributed by atoms with van der Waals surface area (Å²) in [6, 6.07) is 18.0. The van der Waals surface area contributed by atoms with E-state index in [4.69, 9.17) is 18.9 Å². The van der Waals surface area contributed by atoms with Crippen molar-refractivity contribution in [3.05, 3.63) is 77.3 Å². The second-order valence-electron chi connectivity index (χ2n) is 9.66. The smallest absolute Gasteiger partial charge is 0.0701 e. The molecule has 0 saturated carbocycles. The molecule has 10 heteroatoms. The zero-order valence-electron chi connectivity index (χ0n) is 23.8. The van der Waals surface area contributed by atoms with Crippen LogP contribution in [0.15, 0.2) is 66.8 Å². The molecule has 6 rings (SSSR count). The Kier molecular flexibility index (Phi) is 11.6. The SMILES string of the molecule is CC1=C(C)SC(=c2c3ccccc3c(=C3SC4=C(SCCOCCOCCOCCOCCS4)S3)c3ccccc23)S1. The van der Waals surface area contributed by atoms with Gasteiger partial charge in [0.05, 0.1) is 69.8 Å². The monoisotopic (exact) mass is 674 g/mol. The van der Waals surface area contributed by atoms with Crippen molar-refractivity contribution in [1.29, 1.82) is 0 Å². The summed E-state index contributed by atoms with van der Waals surface area (Å²) < 4.78 is 28.4. The van der Waals surface area contributed by atoms with Crippen LogP contribution in [0.2, 0.25) is 0 Å². The maximum absolute atomic E-state index is 5.86. The standard InChI is InChI=1S/C32H34O4S6/c1-21-22(2)40-29(39-21)27-23-7-3-5-9-25(23)28(26-10-6-4-8-24(26)27)30-41-31-32(42-30)38-20-18-36-16-14-34-12-11-33-13-15-35-17-19-37-31/h3-10H,11-20H2,1-2H3. The molecule has 42 heavy (non-hydrogen) atoms. The van der Waals surface area contributed by atoms with Crippen molar-refractivity contribution < 1.29 is 18.9 Å². The normalized spacial score (nSPS) is 20.8. The van der Waals surface area contributed by atoms with Crippen molar-refractivity contribution in [2.75, 3.05) is 64.4 Å². The molecular weight excluding hydrogens is 641 g/mol. The van der Waals surface area contributed by atoms with Crippen LogP contribution in [0.5, 0.6) is 0 Å². The second-order valence-corrected chi connectivity index (χ2v) is 17.4. The predicted molar refractivity (Wildman–Crippen MR) is 191 cm³/mol. The van der Waals surface area contributed by atoms with Crippen LogP contribution in [0, 0.1) is 0 Å². The van der Waals surface area contributed by atoms with Gasteiger partial charge in [0.2, 0.25) is 0 Å². The number of thioether (sulfide) groups is 6. The molecule has 0 radical (unpaired) electrons. The molecule has 0 aliphatic carbocycles. The van der Waals surface area contributed by atoms with Gasteiger partial charge in [-0.2, -0.15) is 0 Å². The van der Waals surface area contributed by atoms with Crippen LogP contribution in [-0.4, -0.2) is 64.4 Å². The van der Waals surface area contributed by atoms with Gasteiger partial charge in [-0.1, -0.05) is 95.6 Å². The fourth-order valence-electron chi connectivity index (χ4n) is 4.81. The lowest BCUT2D eigenvalue weighted by molar-refractivity contribution is 0.00147. The summed E-state index contributed by atoms with van der Waals surface area (Å²) >= 11 is 11.5. The summed E-state index contributed by atoms with van der Waals surface area (Å²) in [5.41, 5.74) is 0. The Morgan fingerprint density at radius 1 is 0.429 bits per heavy atom. The molecule has 0 aromatic heterocycles. The molecule has 3 aliphatic heterocycles. The Morgan fingerprint density at radius 2 is 0.762 bits per heavy atom. The van der Waals surface area contributed by atoms with E-state index in [9.17, 15) is 0 Å². The number of ether oxygens (including phenoxy) is 4. The van der Waals surface area contributed by atoms with Crippen LogP contribution in [0.4, 0.5) is 0 Å². The summed E-state index contributed by atoms with van der Waals surface area (Å²) in [5, 5.41) is 8.03. The lowest BCUT2D eigenvalue weighted by Gasteiger charge is -2.11. The molecule has 0 bridgehead atoms. The van der Waals surface area contributed by atoms with Gasteiger partial charge in [-0.25, -0.2) is 0 Å². The van der Waals surface area contributed by atoms with Crippen LogP contribution < -0.4 is 10.4 Å². The van der Waals surface area contributed by atoms with Gasteiger partial charge in [-0.05, 0) is 45.2 Å². The number of rotatable bonds is 0. The van der Waals surface area contributed by atoms with E-state index in [1.54, 1.807) is 0 Å². The molecule has 3 aromatic carbocycles. The average Bonchev–Trinajstić information content (AvgIpc) is 3.56. The van der Waals surface area contributed by atoms with Gasteiger partial charge in [0, 0.05) is 21.9 Å². The Hall–Kier alpha value is -0.660. The lowest BCUT2D eigenvalue weighted by Crippen LogP contribution is -2.16. The van der Waals surface area contributed by atoms with Crippen LogP contribution in [0.25, 0.3) is 30.0 Å². The first-order valence-corrected chi connectivity index (χ1v) is 19.3. The third-order valence-electron chi connectivity index (χ3n) is 6.90. The summed E-state index contributed by atoms with van der Waals surface area (Å²) in [4.78, 5) is 2.80. The lowest BCUT2D eigenvalue weighted by atomic mass is 9.99. The molecule has 0 unspecified atom stereocenters. The van der Waals surface area contributed by atoms with Crippen molar-refractivity contribution in [3.8, 4) is 0 Å². The van der Waals surface area contributed by atoms with E-state index in [0.717, 1.165) is 11.5 Å². The highest BCUT2D eigenvalue weighted by Crippen LogP contribution is 2.58. The van der Waals surface area contributed by atoms with Gasteiger partial charge in [-0.3, -0.25) is 0 Å². The predicted octanol–water partition coefficient (Wildman–Crippen LogP) is 8.01. The molecule has 222 valence electrons. The van der Waals surface area contributed by atoms with Crippen molar-refractivity contribution in [3.63, 3.8) is 0 Å². The number of hydrogen-bond donors (Lipinski definition) is 0. The molecule has 0 atom stereocenters. The van der Waals surface area contributed by atoms with Crippen LogP contribution in [0.1, 0.15) is 13.8 Å². The van der Waals surface area contributed by atoms with E-state index in [1.165, 1.54) is 58.7 Å². The first-order chi connectivity index (χ1) is 20.7. The minimum absolute atomic E-state index is 0.591. The van der Waals surface area contributed by atoms with Gasteiger partial charge in [0.1, 0.15) is 0 Å². The topological polar surface area (TPSA) is 36.9 Å². The Bertz CT molecular complexity index is 1520. The minimum Gasteiger partial charge on any atom is -0.378 e. The fourth-order valence-corrected chi connectivity index (χ4v) is 13.3. The maximum Gasteiger partial charge on any atom is 0.0701 e. The molecule has 0 amide bonds. The van der Waals surface area contributed by atoms with E-state index >= 15 is 0 Å². The molecule has 3 aliphatic rings. The van der Waals surface area contributed by atoms with Gasteiger partial charge >= 0.3 is 0 Å². The average molecular weight is 675 g/mol. The van der Waals surface area contributed by atoms with Gasteiger partial charge in [0.15, 0.2) is 0 Å². The number of allylic oxidation sites excluding steroid dienone is 2. The third-order valence-corrected chi connectivity index (χ3v) is 15.0. The van der Waals surface area contributed by atoms with Crippen molar-refractivity contribution in [1.82, 2.24) is 0 Å². The minimum atomic E-state index is 0.591. The molecule has 3 aromatic rings. The molecule has 0 N–H and O–H groups in total. The summed E-state index contributed by atoms with van der Waals surface area (Å²) in [6.07, 6.45) is 0. The highest BCUT2D eigenvalue weighted by Gasteiger charge is 2.25. The second kappa shape index (κ2) is 15.6. The number of benzene rings is 3. The first kappa shape index (κ1) is 31.3. The van der Waals surface area contributed by atoms with E-state index in [0.29, 0.717) is 52.9 Å². The van der Waals surface area contributed by atoms with Gasteiger partial charge in [-0.15, -0.1) is 23.5 Å². The molecule has 3 heterocycles. The van der Waals surface area contributed by atoms with E-state index in [2.05, 4.69) is 62.4 Å². The first-order valence-electron chi connectivity index (χ1n) is 14.1. The molecule has 0 saturated heterocycles. The van der Waals surface area contributed by atoms with Crippen molar-refractivity contribution in [2.24, 2.45) is 0 Å². The highest BCUT2D eigenvalue weighted by molar-refractivity contribution is 8.45. The summed E-state index contributed by atoms with van der Waals surface area (Å²) in [7, 11) is 0. The molecule has 4 nitrogen and oxygen atoms in total. The Morgan fingerprint density at radius 3 is 1.14 bits per heavy atom. The van der Waals surface area contributed by atoms with Crippen molar-refractivity contribution >= 4 is 101 Å². The largest absolute Gasteiger partial charge is 0.378 e. The summed E-state index contributed by atoms with van der Waals surface area (Å²) in [5.74, 6) is 1.83. The zero-order valence-corrected chi connectivity index (χ0v) is 28.7. The molecule has 0 spiro atoms. The summed E-state index contributed by atoms with van der Waals surface area (Å²) in [6.45, 7) is 9.47. The van der Waals surface area contributed by atoms with E-state index in [-0.39, 0.29) is 0 Å². The van der Waals surface area contributed by atoms with E-state index < -0.39 is 0 Å². The zero-order chi connectivity index (χ0) is 28.7. The van der Waals surface area contributed by atoms with Crippen LogP contribution in [0.3, 0.4) is 0 Å². The van der Waals surface area contributed by atoms with Crippen LogP contribution in [-0.2, 0) is 18.9 Å². The maximum atomic E-state index is 5.86. The molecule has 0 fully saturated rings. The Labute approximate surface area is 273 Å². The highest BCUT2D eigenvalue weighted by atomic mass is 32.3.